The van der Waals surface area contributed by atoms with Crippen LogP contribution in [-0.2, 0) is 13.1 Å². The van der Waals surface area contributed by atoms with Crippen molar-refractivity contribution in [1.82, 2.24) is 14.9 Å². The monoisotopic (exact) mass is 443 g/mol. The summed E-state index contributed by atoms with van der Waals surface area (Å²) in [6, 6.07) is 17.5. The molecule has 160 valence electrons. The zero-order chi connectivity index (χ0) is 21.8. The van der Waals surface area contributed by atoms with E-state index in [9.17, 15) is 4.79 Å². The summed E-state index contributed by atoms with van der Waals surface area (Å²) >= 11 is 1.48. The summed E-state index contributed by atoms with van der Waals surface area (Å²) in [5, 5.41) is 0. The molecule has 0 bridgehead atoms. The van der Waals surface area contributed by atoms with Gasteiger partial charge in [-0.3, -0.25) is 14.8 Å². The third-order valence-electron chi connectivity index (χ3n) is 5.15. The van der Waals surface area contributed by atoms with Crippen molar-refractivity contribution in [2.45, 2.75) is 13.1 Å². The van der Waals surface area contributed by atoms with Crippen LogP contribution in [0.3, 0.4) is 0 Å². The van der Waals surface area contributed by atoms with E-state index in [2.05, 4.69) is 9.97 Å². The van der Waals surface area contributed by atoms with Crippen molar-refractivity contribution in [3.63, 3.8) is 0 Å². The zero-order valence-corrected chi connectivity index (χ0v) is 18.1. The molecule has 0 saturated heterocycles. The van der Waals surface area contributed by atoms with Gasteiger partial charge < -0.3 is 14.4 Å². The Morgan fingerprint density at radius 3 is 2.50 bits per heavy atom. The van der Waals surface area contributed by atoms with Crippen LogP contribution in [0.5, 0.6) is 11.5 Å². The first-order chi connectivity index (χ1) is 15.8. The maximum Gasteiger partial charge on any atom is 0.264 e. The van der Waals surface area contributed by atoms with E-state index in [1.54, 1.807) is 24.8 Å². The second-order valence-corrected chi connectivity index (χ2v) is 8.48. The van der Waals surface area contributed by atoms with Gasteiger partial charge >= 0.3 is 0 Å². The molecule has 0 aliphatic carbocycles. The maximum absolute atomic E-state index is 13.5. The van der Waals surface area contributed by atoms with Crippen LogP contribution in [0.1, 0.15) is 20.8 Å². The molecule has 0 radical (unpaired) electrons. The summed E-state index contributed by atoms with van der Waals surface area (Å²) in [7, 11) is 0. The molecule has 1 aromatic carbocycles. The minimum absolute atomic E-state index is 0.0144. The molecule has 0 N–H and O–H groups in total. The molecule has 0 fully saturated rings. The number of amides is 1. The van der Waals surface area contributed by atoms with Gasteiger partial charge in [-0.25, -0.2) is 0 Å². The highest BCUT2D eigenvalue weighted by Crippen LogP contribution is 2.37. The molecular formula is C25H21N3O3S. The Bertz CT molecular complexity index is 1170. The van der Waals surface area contributed by atoms with Crippen LogP contribution in [0.2, 0.25) is 0 Å². The standard InChI is InChI=1S/C25H21N3O3S/c29-25(28(16-18-7-10-26-11-8-18)17-19-2-1-9-27-15-19)24-6-5-23(32-24)20-3-4-21-22(14-20)31-13-12-30-21/h1-11,14-15H,12-13,16-17H2. The van der Waals surface area contributed by atoms with Gasteiger partial charge in [-0.05, 0) is 65.2 Å². The molecule has 6 nitrogen and oxygen atoms in total. The highest BCUT2D eigenvalue weighted by atomic mass is 32.1. The van der Waals surface area contributed by atoms with Crippen molar-refractivity contribution in [3.8, 4) is 21.9 Å². The van der Waals surface area contributed by atoms with Crippen molar-refractivity contribution in [3.05, 3.63) is 95.4 Å². The molecular weight excluding hydrogens is 422 g/mol. The van der Waals surface area contributed by atoms with E-state index in [0.29, 0.717) is 31.2 Å². The van der Waals surface area contributed by atoms with E-state index in [1.807, 2.05) is 59.5 Å². The van der Waals surface area contributed by atoms with E-state index in [1.165, 1.54) is 11.3 Å². The molecule has 0 unspecified atom stereocenters. The first-order valence-corrected chi connectivity index (χ1v) is 11.1. The number of nitrogens with zero attached hydrogens (tertiary/aromatic N) is 3. The number of hydrogen-bond donors (Lipinski definition) is 0. The largest absolute Gasteiger partial charge is 0.486 e. The van der Waals surface area contributed by atoms with Gasteiger partial charge in [-0.2, -0.15) is 0 Å². The highest BCUT2D eigenvalue weighted by Gasteiger charge is 2.20. The summed E-state index contributed by atoms with van der Waals surface area (Å²) in [6.07, 6.45) is 7.01. The smallest absolute Gasteiger partial charge is 0.264 e. The molecule has 7 heteroatoms. The van der Waals surface area contributed by atoms with Gasteiger partial charge in [0.2, 0.25) is 0 Å². The van der Waals surface area contributed by atoms with Gasteiger partial charge in [-0.15, -0.1) is 11.3 Å². The van der Waals surface area contributed by atoms with Gasteiger partial charge in [0.15, 0.2) is 11.5 Å². The van der Waals surface area contributed by atoms with Gasteiger partial charge in [0.1, 0.15) is 13.2 Å². The molecule has 3 aromatic heterocycles. The lowest BCUT2D eigenvalue weighted by molar-refractivity contribution is 0.0735. The van der Waals surface area contributed by atoms with Gasteiger partial charge in [0.05, 0.1) is 4.88 Å². The Kier molecular flexibility index (Phi) is 5.81. The van der Waals surface area contributed by atoms with Crippen molar-refractivity contribution in [2.75, 3.05) is 13.2 Å². The summed E-state index contributed by atoms with van der Waals surface area (Å²) in [4.78, 5) is 25.3. The van der Waals surface area contributed by atoms with Crippen LogP contribution in [-0.4, -0.2) is 34.0 Å². The Morgan fingerprint density at radius 2 is 1.69 bits per heavy atom. The number of carbonyl (C=O) groups is 1. The lowest BCUT2D eigenvalue weighted by Gasteiger charge is -2.22. The van der Waals surface area contributed by atoms with E-state index in [-0.39, 0.29) is 5.91 Å². The SMILES string of the molecule is O=C(c1ccc(-c2ccc3c(c2)OCCO3)s1)N(Cc1ccncc1)Cc1cccnc1. The number of hydrogen-bond acceptors (Lipinski definition) is 6. The van der Waals surface area contributed by atoms with Gasteiger partial charge in [0.25, 0.3) is 5.91 Å². The first-order valence-electron chi connectivity index (χ1n) is 10.3. The third kappa shape index (κ3) is 4.48. The topological polar surface area (TPSA) is 64.6 Å². The minimum atomic E-state index is -0.0144. The van der Waals surface area contributed by atoms with Crippen LogP contribution >= 0.6 is 11.3 Å². The average molecular weight is 444 g/mol. The van der Waals surface area contributed by atoms with Crippen molar-refractivity contribution < 1.29 is 14.3 Å². The fourth-order valence-corrected chi connectivity index (χ4v) is 4.55. The number of fused-ring (bicyclic) bond motifs is 1. The molecule has 4 heterocycles. The normalized spacial score (nSPS) is 12.4. The number of rotatable bonds is 6. The van der Waals surface area contributed by atoms with Gasteiger partial charge in [-0.1, -0.05) is 6.07 Å². The summed E-state index contributed by atoms with van der Waals surface area (Å²) in [5.74, 6) is 1.48. The van der Waals surface area contributed by atoms with Crippen molar-refractivity contribution in [2.24, 2.45) is 0 Å². The van der Waals surface area contributed by atoms with Crippen LogP contribution in [0.25, 0.3) is 10.4 Å². The summed E-state index contributed by atoms with van der Waals surface area (Å²) in [5.41, 5.74) is 3.02. The number of thiophene rings is 1. The summed E-state index contributed by atoms with van der Waals surface area (Å²) in [6.45, 7) is 2.08. The van der Waals surface area contributed by atoms with Crippen molar-refractivity contribution >= 4 is 17.2 Å². The van der Waals surface area contributed by atoms with E-state index < -0.39 is 0 Å². The number of ether oxygens (including phenoxy) is 2. The lowest BCUT2D eigenvalue weighted by Crippen LogP contribution is -2.29. The third-order valence-corrected chi connectivity index (χ3v) is 6.27. The van der Waals surface area contributed by atoms with Crippen LogP contribution in [0, 0.1) is 0 Å². The van der Waals surface area contributed by atoms with Crippen LogP contribution < -0.4 is 9.47 Å². The highest BCUT2D eigenvalue weighted by molar-refractivity contribution is 7.17. The Labute approximate surface area is 190 Å². The minimum Gasteiger partial charge on any atom is -0.486 e. The predicted molar refractivity (Wildman–Crippen MR) is 123 cm³/mol. The molecule has 0 spiro atoms. The number of aromatic nitrogens is 2. The van der Waals surface area contributed by atoms with Crippen molar-refractivity contribution in [1.29, 1.82) is 0 Å². The second kappa shape index (κ2) is 9.20. The van der Waals surface area contributed by atoms with Gasteiger partial charge in [0, 0.05) is 42.8 Å². The molecule has 1 amide bonds. The second-order valence-electron chi connectivity index (χ2n) is 7.40. The fourth-order valence-electron chi connectivity index (χ4n) is 3.58. The Balaban J connectivity index is 1.40. The maximum atomic E-state index is 13.5. The number of benzene rings is 1. The molecule has 4 aromatic rings. The van der Waals surface area contributed by atoms with Crippen LogP contribution in [0.4, 0.5) is 0 Å². The van der Waals surface area contributed by atoms with Crippen LogP contribution in [0.15, 0.2) is 79.4 Å². The molecule has 32 heavy (non-hydrogen) atoms. The molecule has 0 saturated carbocycles. The van der Waals surface area contributed by atoms with E-state index in [4.69, 9.17) is 9.47 Å². The summed E-state index contributed by atoms with van der Waals surface area (Å²) < 4.78 is 11.3. The average Bonchev–Trinajstić information content (AvgIpc) is 3.35. The molecule has 1 aliphatic heterocycles. The lowest BCUT2D eigenvalue weighted by atomic mass is 10.1. The Hall–Kier alpha value is -3.71. The molecule has 5 rings (SSSR count). The predicted octanol–water partition coefficient (Wildman–Crippen LogP) is 4.82. The Morgan fingerprint density at radius 1 is 0.875 bits per heavy atom. The van der Waals surface area contributed by atoms with E-state index >= 15 is 0 Å². The first kappa shape index (κ1) is 20.2. The fraction of sp³-hybridized carbons (Fsp3) is 0.160. The quantitative estimate of drug-likeness (QED) is 0.428. The van der Waals surface area contributed by atoms with E-state index in [0.717, 1.165) is 33.1 Å². The zero-order valence-electron chi connectivity index (χ0n) is 17.3. The number of pyridine rings is 2. The molecule has 0 atom stereocenters. The number of carbonyl (C=O) groups excluding carboxylic acids is 1. The molecule has 1 aliphatic rings.